The first-order valence-corrected chi connectivity index (χ1v) is 7.89. The van der Waals surface area contributed by atoms with Crippen LogP contribution in [0.5, 0.6) is 11.5 Å². The van der Waals surface area contributed by atoms with Crippen LogP contribution < -0.4 is 14.8 Å². The van der Waals surface area contributed by atoms with Gasteiger partial charge in [-0.15, -0.1) is 0 Å². The summed E-state index contributed by atoms with van der Waals surface area (Å²) in [5, 5.41) is 2.63. The second kappa shape index (κ2) is 7.26. The van der Waals surface area contributed by atoms with Crippen LogP contribution in [-0.4, -0.2) is 38.0 Å². The Labute approximate surface area is 149 Å². The van der Waals surface area contributed by atoms with E-state index in [1.807, 2.05) is 13.0 Å². The van der Waals surface area contributed by atoms with Gasteiger partial charge in [-0.05, 0) is 37.3 Å². The molecule has 0 saturated carbocycles. The Balaban J connectivity index is 1.69. The molecule has 7 nitrogen and oxygen atoms in total. The highest BCUT2D eigenvalue weighted by molar-refractivity contribution is 6.02. The minimum absolute atomic E-state index is 0.0593. The van der Waals surface area contributed by atoms with Crippen molar-refractivity contribution in [1.82, 2.24) is 0 Å². The Morgan fingerprint density at radius 2 is 2.00 bits per heavy atom. The molecule has 1 aliphatic rings. The molecule has 0 bridgehead atoms. The molecule has 1 amide bonds. The summed E-state index contributed by atoms with van der Waals surface area (Å²) in [5.41, 5.74) is 1.85. The minimum atomic E-state index is -0.645. The molecule has 2 aromatic rings. The van der Waals surface area contributed by atoms with Gasteiger partial charge in [0.1, 0.15) is 17.1 Å². The maximum Gasteiger partial charge on any atom is 0.342 e. The first kappa shape index (κ1) is 17.5. The zero-order valence-corrected chi connectivity index (χ0v) is 14.3. The molecule has 1 aliphatic heterocycles. The van der Waals surface area contributed by atoms with Crippen LogP contribution in [0.3, 0.4) is 0 Å². The van der Waals surface area contributed by atoms with E-state index >= 15 is 0 Å². The fourth-order valence-corrected chi connectivity index (χ4v) is 2.53. The van der Waals surface area contributed by atoms with E-state index in [1.165, 1.54) is 13.2 Å². The number of hydrogen-bond donors (Lipinski definition) is 1. The molecule has 134 valence electrons. The van der Waals surface area contributed by atoms with Crippen molar-refractivity contribution in [3.05, 3.63) is 53.1 Å². The van der Waals surface area contributed by atoms with Gasteiger partial charge in [0, 0.05) is 5.56 Å². The molecule has 2 aromatic carbocycles. The SMILES string of the molecule is COc1ccc(C)cc1C(=O)OCC(=O)c1ccc2c(c1)NC(=O)CO2. The van der Waals surface area contributed by atoms with Crippen LogP contribution in [0.1, 0.15) is 26.3 Å². The van der Waals surface area contributed by atoms with E-state index in [2.05, 4.69) is 5.32 Å². The predicted octanol–water partition coefficient (Wildman–Crippen LogP) is 2.37. The van der Waals surface area contributed by atoms with Crippen molar-refractivity contribution in [2.45, 2.75) is 6.92 Å². The number of carbonyl (C=O) groups excluding carboxylic acids is 3. The number of fused-ring (bicyclic) bond motifs is 1. The van der Waals surface area contributed by atoms with Crippen molar-refractivity contribution in [1.29, 1.82) is 0 Å². The standard InChI is InChI=1S/C19H17NO6/c1-11-3-5-16(24-2)13(7-11)19(23)26-9-15(21)12-4-6-17-14(8-12)20-18(22)10-25-17/h3-8H,9-10H2,1-2H3,(H,20,22). The van der Waals surface area contributed by atoms with Gasteiger partial charge in [0.15, 0.2) is 19.0 Å². The maximum absolute atomic E-state index is 12.3. The van der Waals surface area contributed by atoms with E-state index in [9.17, 15) is 14.4 Å². The molecule has 0 saturated heterocycles. The number of esters is 1. The number of aryl methyl sites for hydroxylation is 1. The van der Waals surface area contributed by atoms with Crippen LogP contribution in [0.15, 0.2) is 36.4 Å². The van der Waals surface area contributed by atoms with Crippen LogP contribution in [0.25, 0.3) is 0 Å². The highest BCUT2D eigenvalue weighted by atomic mass is 16.5. The number of rotatable bonds is 5. The first-order chi connectivity index (χ1) is 12.5. The van der Waals surface area contributed by atoms with E-state index in [-0.39, 0.29) is 18.1 Å². The Bertz CT molecular complexity index is 890. The topological polar surface area (TPSA) is 90.9 Å². The number of Topliss-reactive ketones (excluding diaryl/α,β-unsaturated/α-hetero) is 1. The number of carbonyl (C=O) groups is 3. The summed E-state index contributed by atoms with van der Waals surface area (Å²) in [6.45, 7) is 1.35. The molecule has 0 unspecified atom stereocenters. The molecule has 3 rings (SSSR count). The van der Waals surface area contributed by atoms with Gasteiger partial charge in [-0.1, -0.05) is 11.6 Å². The van der Waals surface area contributed by atoms with Crippen LogP contribution in [0.2, 0.25) is 0 Å². The lowest BCUT2D eigenvalue weighted by molar-refractivity contribution is -0.118. The number of nitrogens with one attached hydrogen (secondary N) is 1. The second-order valence-corrected chi connectivity index (χ2v) is 5.75. The van der Waals surface area contributed by atoms with Gasteiger partial charge >= 0.3 is 5.97 Å². The Kier molecular flexibility index (Phi) is 4.88. The average molecular weight is 355 g/mol. The minimum Gasteiger partial charge on any atom is -0.496 e. The lowest BCUT2D eigenvalue weighted by atomic mass is 10.1. The van der Waals surface area contributed by atoms with Crippen LogP contribution in [-0.2, 0) is 9.53 Å². The fraction of sp³-hybridized carbons (Fsp3) is 0.211. The number of ketones is 1. The van der Waals surface area contributed by atoms with E-state index in [0.29, 0.717) is 22.7 Å². The van der Waals surface area contributed by atoms with Gasteiger partial charge in [-0.3, -0.25) is 9.59 Å². The van der Waals surface area contributed by atoms with Crippen molar-refractivity contribution in [2.75, 3.05) is 25.6 Å². The number of ether oxygens (including phenoxy) is 3. The van der Waals surface area contributed by atoms with Gasteiger partial charge in [-0.25, -0.2) is 4.79 Å². The molecule has 26 heavy (non-hydrogen) atoms. The molecule has 0 spiro atoms. The number of benzene rings is 2. The zero-order valence-electron chi connectivity index (χ0n) is 14.3. The molecule has 1 N–H and O–H groups in total. The quantitative estimate of drug-likeness (QED) is 0.654. The van der Waals surface area contributed by atoms with Gasteiger partial charge in [0.05, 0.1) is 12.8 Å². The molecule has 7 heteroatoms. The number of anilines is 1. The lowest BCUT2D eigenvalue weighted by Gasteiger charge is -2.18. The van der Waals surface area contributed by atoms with Crippen LogP contribution in [0, 0.1) is 6.92 Å². The van der Waals surface area contributed by atoms with Crippen molar-refractivity contribution in [3.63, 3.8) is 0 Å². The molecule has 0 radical (unpaired) electrons. The maximum atomic E-state index is 12.3. The molecular formula is C19H17NO6. The third-order valence-corrected chi connectivity index (χ3v) is 3.84. The normalized spacial score (nSPS) is 12.5. The van der Waals surface area contributed by atoms with Crippen LogP contribution >= 0.6 is 0 Å². The fourth-order valence-electron chi connectivity index (χ4n) is 2.53. The van der Waals surface area contributed by atoms with Crippen molar-refractivity contribution in [2.24, 2.45) is 0 Å². The Morgan fingerprint density at radius 1 is 1.19 bits per heavy atom. The summed E-state index contributed by atoms with van der Waals surface area (Å²) in [6, 6.07) is 9.75. The third-order valence-electron chi connectivity index (χ3n) is 3.84. The molecule has 1 heterocycles. The van der Waals surface area contributed by atoms with Gasteiger partial charge in [-0.2, -0.15) is 0 Å². The molecule has 0 fully saturated rings. The lowest BCUT2D eigenvalue weighted by Crippen LogP contribution is -2.25. The highest BCUT2D eigenvalue weighted by Gasteiger charge is 2.20. The second-order valence-electron chi connectivity index (χ2n) is 5.75. The number of hydrogen-bond acceptors (Lipinski definition) is 6. The first-order valence-electron chi connectivity index (χ1n) is 7.89. The van der Waals surface area contributed by atoms with E-state index < -0.39 is 18.4 Å². The van der Waals surface area contributed by atoms with Gasteiger partial charge < -0.3 is 19.5 Å². The molecular weight excluding hydrogens is 338 g/mol. The van der Waals surface area contributed by atoms with Gasteiger partial charge in [0.25, 0.3) is 5.91 Å². The third kappa shape index (κ3) is 3.66. The molecule has 0 atom stereocenters. The highest BCUT2D eigenvalue weighted by Crippen LogP contribution is 2.28. The van der Waals surface area contributed by atoms with E-state index in [1.54, 1.807) is 24.3 Å². The summed E-state index contributed by atoms with van der Waals surface area (Å²) < 4.78 is 15.5. The Morgan fingerprint density at radius 3 is 2.77 bits per heavy atom. The van der Waals surface area contributed by atoms with Crippen molar-refractivity contribution in [3.8, 4) is 11.5 Å². The summed E-state index contributed by atoms with van der Waals surface area (Å²) >= 11 is 0. The predicted molar refractivity (Wildman–Crippen MR) is 92.9 cm³/mol. The summed E-state index contributed by atoms with van der Waals surface area (Å²) in [6.07, 6.45) is 0. The average Bonchev–Trinajstić information content (AvgIpc) is 2.65. The molecule has 0 aliphatic carbocycles. The summed E-state index contributed by atoms with van der Waals surface area (Å²) in [7, 11) is 1.45. The monoisotopic (exact) mass is 355 g/mol. The summed E-state index contributed by atoms with van der Waals surface area (Å²) in [5.74, 6) is -0.467. The molecule has 0 aromatic heterocycles. The zero-order chi connectivity index (χ0) is 18.7. The smallest absolute Gasteiger partial charge is 0.342 e. The van der Waals surface area contributed by atoms with Gasteiger partial charge in [0.2, 0.25) is 0 Å². The van der Waals surface area contributed by atoms with Crippen LogP contribution in [0.4, 0.5) is 5.69 Å². The Hall–Kier alpha value is -3.35. The largest absolute Gasteiger partial charge is 0.496 e. The number of methoxy groups -OCH3 is 1. The van der Waals surface area contributed by atoms with E-state index in [0.717, 1.165) is 5.56 Å². The summed E-state index contributed by atoms with van der Waals surface area (Å²) in [4.78, 5) is 35.9. The van der Waals surface area contributed by atoms with Crippen molar-refractivity contribution < 1.29 is 28.6 Å². The van der Waals surface area contributed by atoms with E-state index in [4.69, 9.17) is 14.2 Å². The number of amides is 1. The van der Waals surface area contributed by atoms with Crippen molar-refractivity contribution >= 4 is 23.3 Å².